The monoisotopic (exact) mass is 283 g/mol. The van der Waals surface area contributed by atoms with Crippen molar-refractivity contribution < 1.29 is 9.90 Å². The molecular weight excluding hydrogens is 274 g/mol. The van der Waals surface area contributed by atoms with Crippen molar-refractivity contribution in [3.8, 4) is 0 Å². The van der Waals surface area contributed by atoms with Crippen LogP contribution in [-0.4, -0.2) is 27.0 Å². The van der Waals surface area contributed by atoms with Crippen LogP contribution in [0.2, 0.25) is 0 Å². The van der Waals surface area contributed by atoms with E-state index >= 15 is 0 Å². The van der Waals surface area contributed by atoms with Gasteiger partial charge in [0.1, 0.15) is 5.82 Å². The van der Waals surface area contributed by atoms with Crippen LogP contribution in [0.3, 0.4) is 0 Å². The molecule has 84 valence electrons. The summed E-state index contributed by atoms with van der Waals surface area (Å²) in [5, 5.41) is 9.03. The van der Waals surface area contributed by atoms with Crippen LogP contribution in [-0.2, 0) is 6.42 Å². The first-order valence-corrected chi connectivity index (χ1v) is 5.53. The maximum atomic E-state index is 11.0. The van der Waals surface area contributed by atoms with E-state index < -0.39 is 5.97 Å². The molecule has 0 aromatic carbocycles. The minimum atomic E-state index is -1.03. The average molecular weight is 284 g/mol. The number of imidazole rings is 1. The second kappa shape index (κ2) is 4.23. The molecule has 5 nitrogen and oxygen atoms in total. The van der Waals surface area contributed by atoms with Gasteiger partial charge in [0, 0.05) is 6.42 Å². The number of fused-ring (bicyclic) bond motifs is 1. The van der Waals surface area contributed by atoms with Crippen LogP contribution in [0.1, 0.15) is 16.3 Å². The van der Waals surface area contributed by atoms with Crippen LogP contribution in [0.15, 0.2) is 22.8 Å². The number of aromatic nitrogens is 2. The molecule has 0 radical (unpaired) electrons. The molecule has 2 aromatic heterocycles. The van der Waals surface area contributed by atoms with Gasteiger partial charge in [-0.05, 0) is 34.6 Å². The highest BCUT2D eigenvalue weighted by atomic mass is 79.9. The molecule has 6 heteroatoms. The zero-order valence-electron chi connectivity index (χ0n) is 8.35. The minimum absolute atomic E-state index is 0.0600. The Morgan fingerprint density at radius 1 is 1.56 bits per heavy atom. The molecule has 0 aliphatic carbocycles. The van der Waals surface area contributed by atoms with E-state index in [1.807, 2.05) is 6.07 Å². The maximum Gasteiger partial charge on any atom is 0.356 e. The zero-order valence-corrected chi connectivity index (χ0v) is 9.94. The van der Waals surface area contributed by atoms with E-state index in [0.29, 0.717) is 24.3 Å². The van der Waals surface area contributed by atoms with E-state index in [2.05, 4.69) is 20.9 Å². The van der Waals surface area contributed by atoms with Gasteiger partial charge in [0.15, 0.2) is 5.69 Å². The molecule has 0 atom stereocenters. The molecule has 2 aromatic rings. The predicted molar refractivity (Wildman–Crippen MR) is 62.6 cm³/mol. The number of carboxylic acid groups (broad SMARTS) is 1. The van der Waals surface area contributed by atoms with Gasteiger partial charge in [-0.1, -0.05) is 6.07 Å². The summed E-state index contributed by atoms with van der Waals surface area (Å²) in [6.45, 7) is 0.430. The first kappa shape index (κ1) is 11.1. The molecule has 0 unspecified atom stereocenters. The third-order valence-electron chi connectivity index (χ3n) is 2.25. The first-order chi connectivity index (χ1) is 7.65. The van der Waals surface area contributed by atoms with Gasteiger partial charge in [0.05, 0.1) is 10.1 Å². The fraction of sp³-hybridized carbons (Fsp3) is 0.200. The molecule has 0 amide bonds. The van der Waals surface area contributed by atoms with Gasteiger partial charge in [-0.15, -0.1) is 0 Å². The number of pyridine rings is 1. The van der Waals surface area contributed by atoms with Crippen LogP contribution < -0.4 is 5.73 Å². The topological polar surface area (TPSA) is 80.6 Å². The number of hydrogen-bond donors (Lipinski definition) is 2. The zero-order chi connectivity index (χ0) is 11.7. The molecular formula is C10H10BrN3O2. The summed E-state index contributed by atoms with van der Waals surface area (Å²) < 4.78 is 2.53. The summed E-state index contributed by atoms with van der Waals surface area (Å²) in [5.41, 5.74) is 6.11. The van der Waals surface area contributed by atoms with E-state index in [-0.39, 0.29) is 5.69 Å². The number of aromatic carboxylic acids is 1. The molecule has 0 aliphatic rings. The fourth-order valence-corrected chi connectivity index (χ4v) is 2.17. The Labute approximate surface area is 100 Å². The van der Waals surface area contributed by atoms with Crippen molar-refractivity contribution in [2.24, 2.45) is 5.73 Å². The highest BCUT2D eigenvalue weighted by Crippen LogP contribution is 2.20. The van der Waals surface area contributed by atoms with E-state index in [0.717, 1.165) is 4.60 Å². The highest BCUT2D eigenvalue weighted by Gasteiger charge is 2.17. The minimum Gasteiger partial charge on any atom is -0.476 e. The van der Waals surface area contributed by atoms with Crippen molar-refractivity contribution in [1.29, 1.82) is 0 Å². The molecule has 3 N–H and O–H groups in total. The lowest BCUT2D eigenvalue weighted by Gasteiger charge is -2.01. The Balaban J connectivity index is 2.76. The standard InChI is InChI=1S/C10H10BrN3O2/c11-7-3-1-2-6-9(10(15)16)13-8(4-5-12)14(6)7/h1-3H,4-5,12H2,(H,15,16). The van der Waals surface area contributed by atoms with Gasteiger partial charge in [-0.2, -0.15) is 0 Å². The lowest BCUT2D eigenvalue weighted by atomic mass is 10.3. The number of carboxylic acids is 1. The Kier molecular flexibility index (Phi) is 2.93. The van der Waals surface area contributed by atoms with Crippen molar-refractivity contribution >= 4 is 27.4 Å². The third-order valence-corrected chi connectivity index (χ3v) is 2.87. The summed E-state index contributed by atoms with van der Waals surface area (Å²) in [5.74, 6) is -0.374. The smallest absolute Gasteiger partial charge is 0.356 e. The highest BCUT2D eigenvalue weighted by molar-refractivity contribution is 9.10. The Bertz CT molecular complexity index is 550. The van der Waals surface area contributed by atoms with Crippen molar-refractivity contribution in [3.05, 3.63) is 34.3 Å². The first-order valence-electron chi connectivity index (χ1n) is 4.74. The van der Waals surface area contributed by atoms with E-state index in [9.17, 15) is 4.79 Å². The van der Waals surface area contributed by atoms with Gasteiger partial charge in [0.25, 0.3) is 0 Å². The van der Waals surface area contributed by atoms with Crippen molar-refractivity contribution in [3.63, 3.8) is 0 Å². The summed E-state index contributed by atoms with van der Waals surface area (Å²) >= 11 is 3.37. The fourth-order valence-electron chi connectivity index (χ4n) is 1.62. The normalized spacial score (nSPS) is 10.9. The number of carbonyl (C=O) groups is 1. The Morgan fingerprint density at radius 3 is 2.94 bits per heavy atom. The van der Waals surface area contributed by atoms with E-state index in [1.165, 1.54) is 0 Å². The van der Waals surface area contributed by atoms with E-state index in [1.54, 1.807) is 16.5 Å². The van der Waals surface area contributed by atoms with Crippen molar-refractivity contribution in [1.82, 2.24) is 9.38 Å². The quantitative estimate of drug-likeness (QED) is 0.832. The van der Waals surface area contributed by atoms with Gasteiger partial charge in [0.2, 0.25) is 0 Å². The summed E-state index contributed by atoms with van der Waals surface area (Å²) in [4.78, 5) is 15.1. The molecule has 2 heterocycles. The van der Waals surface area contributed by atoms with Gasteiger partial charge >= 0.3 is 5.97 Å². The Morgan fingerprint density at radius 2 is 2.31 bits per heavy atom. The van der Waals surface area contributed by atoms with Crippen LogP contribution in [0.25, 0.3) is 5.52 Å². The van der Waals surface area contributed by atoms with Crippen LogP contribution in [0.4, 0.5) is 0 Å². The molecule has 2 rings (SSSR count). The lowest BCUT2D eigenvalue weighted by Crippen LogP contribution is -2.06. The molecule has 0 fully saturated rings. The molecule has 16 heavy (non-hydrogen) atoms. The van der Waals surface area contributed by atoms with Crippen LogP contribution in [0, 0.1) is 0 Å². The van der Waals surface area contributed by atoms with Gasteiger partial charge < -0.3 is 10.8 Å². The molecule has 0 bridgehead atoms. The number of nitrogens with zero attached hydrogens (tertiary/aromatic N) is 2. The maximum absolute atomic E-state index is 11.0. The molecule has 0 spiro atoms. The van der Waals surface area contributed by atoms with Gasteiger partial charge in [-0.3, -0.25) is 4.40 Å². The second-order valence-electron chi connectivity index (χ2n) is 3.29. The van der Waals surface area contributed by atoms with Crippen molar-refractivity contribution in [2.75, 3.05) is 6.54 Å². The number of nitrogens with two attached hydrogens (primary N) is 1. The van der Waals surface area contributed by atoms with E-state index in [4.69, 9.17) is 10.8 Å². The summed E-state index contributed by atoms with van der Waals surface area (Å²) in [7, 11) is 0. The molecule has 0 aliphatic heterocycles. The molecule has 0 saturated carbocycles. The van der Waals surface area contributed by atoms with Crippen LogP contribution >= 0.6 is 15.9 Å². The summed E-state index contributed by atoms with van der Waals surface area (Å²) in [6, 6.07) is 5.33. The number of hydrogen-bond acceptors (Lipinski definition) is 3. The van der Waals surface area contributed by atoms with Crippen molar-refractivity contribution in [2.45, 2.75) is 6.42 Å². The average Bonchev–Trinajstić information content (AvgIpc) is 2.59. The number of rotatable bonds is 3. The van der Waals surface area contributed by atoms with Gasteiger partial charge in [-0.25, -0.2) is 9.78 Å². The largest absolute Gasteiger partial charge is 0.476 e. The number of halogens is 1. The second-order valence-corrected chi connectivity index (χ2v) is 4.10. The third kappa shape index (κ3) is 1.70. The van der Waals surface area contributed by atoms with Crippen LogP contribution in [0.5, 0.6) is 0 Å². The SMILES string of the molecule is NCCc1nc(C(=O)O)c2cccc(Br)n12. The lowest BCUT2D eigenvalue weighted by molar-refractivity contribution is 0.0693. The predicted octanol–water partition coefficient (Wildman–Crippen LogP) is 1.30. The Hall–Kier alpha value is -1.40. The molecule has 0 saturated heterocycles. The summed E-state index contributed by atoms with van der Waals surface area (Å²) in [6.07, 6.45) is 0.539.